The molecule has 9 heteroatoms. The molecule has 1 atom stereocenters. The molecule has 3 heterocycles. The number of ketones is 1. The number of rotatable bonds is 6. The van der Waals surface area contributed by atoms with Crippen molar-refractivity contribution in [3.63, 3.8) is 0 Å². The van der Waals surface area contributed by atoms with Gasteiger partial charge < -0.3 is 15.2 Å². The zero-order valence-corrected chi connectivity index (χ0v) is 18.5. The molecule has 9 nitrogen and oxygen atoms in total. The molecule has 1 aliphatic heterocycles. The minimum absolute atomic E-state index is 0.0413. The predicted octanol–water partition coefficient (Wildman–Crippen LogP) is 1.02. The van der Waals surface area contributed by atoms with Crippen LogP contribution in [0.25, 0.3) is 11.2 Å². The number of nitrogens with two attached hydrogens (primary N) is 1. The number of imidazole rings is 1. The number of fused-ring (bicyclic) bond motifs is 1. The molecule has 0 spiro atoms. The third-order valence-electron chi connectivity index (χ3n) is 5.59. The third-order valence-corrected chi connectivity index (χ3v) is 5.59. The van der Waals surface area contributed by atoms with Crippen LogP contribution in [-0.4, -0.2) is 43.6 Å². The van der Waals surface area contributed by atoms with Crippen molar-refractivity contribution in [3.8, 4) is 0 Å². The van der Waals surface area contributed by atoms with Gasteiger partial charge in [-0.2, -0.15) is 4.98 Å². The summed E-state index contributed by atoms with van der Waals surface area (Å²) in [6.45, 7) is 9.14. The molecule has 0 radical (unpaired) electrons. The lowest BCUT2D eigenvalue weighted by Crippen LogP contribution is -2.44. The Labute approximate surface area is 175 Å². The molecule has 164 valence electrons. The van der Waals surface area contributed by atoms with E-state index in [2.05, 4.69) is 4.90 Å². The number of carbonyl (C=O) groups is 1. The minimum atomic E-state index is -0.532. The summed E-state index contributed by atoms with van der Waals surface area (Å²) in [5.41, 5.74) is 6.93. The Balaban J connectivity index is 2.26. The van der Waals surface area contributed by atoms with Crippen LogP contribution in [0.2, 0.25) is 0 Å². The maximum absolute atomic E-state index is 13.4. The standard InChI is InChI=1S/C21H32N6O3/c1-13(2)8-10-26-17-18(23-20(26)25-9-6-7-15(22)11-25)24(5)21(30)27(19(17)29)12-16(28)14(3)4/h8,14-15H,6-7,9-12,22H2,1-5H3. The number of piperidine rings is 1. The Hall–Kier alpha value is -2.68. The molecule has 0 aliphatic carbocycles. The number of hydrogen-bond acceptors (Lipinski definition) is 6. The molecule has 0 aromatic carbocycles. The number of allylic oxidation sites excluding steroid dienone is 2. The first kappa shape index (κ1) is 22.0. The lowest BCUT2D eigenvalue weighted by atomic mass is 10.1. The van der Waals surface area contributed by atoms with E-state index in [0.29, 0.717) is 30.2 Å². The van der Waals surface area contributed by atoms with Crippen molar-refractivity contribution < 1.29 is 4.79 Å². The van der Waals surface area contributed by atoms with Crippen LogP contribution in [0.1, 0.15) is 40.5 Å². The minimum Gasteiger partial charge on any atom is -0.341 e. The van der Waals surface area contributed by atoms with Gasteiger partial charge >= 0.3 is 5.69 Å². The molecule has 2 aromatic heterocycles. The smallest absolute Gasteiger partial charge is 0.332 e. The van der Waals surface area contributed by atoms with Crippen LogP contribution in [0.5, 0.6) is 0 Å². The van der Waals surface area contributed by atoms with E-state index < -0.39 is 11.2 Å². The molecule has 0 bridgehead atoms. The van der Waals surface area contributed by atoms with Crippen LogP contribution in [0, 0.1) is 5.92 Å². The van der Waals surface area contributed by atoms with Gasteiger partial charge in [0.05, 0.1) is 6.54 Å². The fourth-order valence-corrected chi connectivity index (χ4v) is 3.72. The topological polar surface area (TPSA) is 108 Å². The average Bonchev–Trinajstić information content (AvgIpc) is 3.07. The van der Waals surface area contributed by atoms with E-state index in [1.54, 1.807) is 20.9 Å². The Morgan fingerprint density at radius 1 is 1.27 bits per heavy atom. The Bertz CT molecular complexity index is 1100. The molecule has 30 heavy (non-hydrogen) atoms. The van der Waals surface area contributed by atoms with Gasteiger partial charge in [0.2, 0.25) is 5.95 Å². The maximum Gasteiger partial charge on any atom is 0.332 e. The summed E-state index contributed by atoms with van der Waals surface area (Å²) in [5, 5.41) is 0. The Morgan fingerprint density at radius 2 is 1.97 bits per heavy atom. The largest absolute Gasteiger partial charge is 0.341 e. The van der Waals surface area contributed by atoms with Crippen molar-refractivity contribution in [2.75, 3.05) is 18.0 Å². The second kappa shape index (κ2) is 8.59. The lowest BCUT2D eigenvalue weighted by Gasteiger charge is -2.31. The van der Waals surface area contributed by atoms with Crippen LogP contribution in [0.4, 0.5) is 5.95 Å². The summed E-state index contributed by atoms with van der Waals surface area (Å²) in [6, 6.07) is 0.0413. The fraction of sp³-hybridized carbons (Fsp3) is 0.619. The molecular weight excluding hydrogens is 384 g/mol. The number of carbonyl (C=O) groups excluding carboxylic acids is 1. The predicted molar refractivity (Wildman–Crippen MR) is 118 cm³/mol. The quantitative estimate of drug-likeness (QED) is 0.704. The van der Waals surface area contributed by atoms with Gasteiger partial charge in [-0.3, -0.25) is 18.7 Å². The second-order valence-electron chi connectivity index (χ2n) is 8.68. The summed E-state index contributed by atoms with van der Waals surface area (Å²) in [6.07, 6.45) is 3.91. The van der Waals surface area contributed by atoms with E-state index in [1.807, 2.05) is 24.5 Å². The highest BCUT2D eigenvalue weighted by Gasteiger charge is 2.26. The van der Waals surface area contributed by atoms with Crippen molar-refractivity contribution in [3.05, 3.63) is 32.5 Å². The normalized spacial score (nSPS) is 17.0. The van der Waals surface area contributed by atoms with Gasteiger partial charge in [-0.05, 0) is 26.7 Å². The first-order chi connectivity index (χ1) is 14.1. The highest BCUT2D eigenvalue weighted by Crippen LogP contribution is 2.23. The number of anilines is 1. The van der Waals surface area contributed by atoms with Crippen LogP contribution < -0.4 is 21.9 Å². The SMILES string of the molecule is CC(C)=CCn1c(N2CCCC(N)C2)nc2c1c(=O)n(CC(=O)C(C)C)c(=O)n2C. The molecule has 1 fully saturated rings. The van der Waals surface area contributed by atoms with Crippen molar-refractivity contribution in [2.45, 2.75) is 59.7 Å². The molecule has 0 saturated carbocycles. The van der Waals surface area contributed by atoms with Crippen LogP contribution in [-0.2, 0) is 24.9 Å². The van der Waals surface area contributed by atoms with E-state index >= 15 is 0 Å². The lowest BCUT2D eigenvalue weighted by molar-refractivity contribution is -0.122. The van der Waals surface area contributed by atoms with E-state index in [0.717, 1.165) is 29.5 Å². The molecule has 2 N–H and O–H groups in total. The van der Waals surface area contributed by atoms with Gasteiger partial charge in [0.15, 0.2) is 16.9 Å². The number of nitrogens with zero attached hydrogens (tertiary/aromatic N) is 5. The van der Waals surface area contributed by atoms with Gasteiger partial charge in [-0.25, -0.2) is 4.79 Å². The zero-order chi connectivity index (χ0) is 22.2. The molecule has 3 rings (SSSR count). The van der Waals surface area contributed by atoms with Crippen LogP contribution in [0.3, 0.4) is 0 Å². The van der Waals surface area contributed by atoms with E-state index in [9.17, 15) is 14.4 Å². The summed E-state index contributed by atoms with van der Waals surface area (Å²) >= 11 is 0. The van der Waals surface area contributed by atoms with Crippen LogP contribution in [0.15, 0.2) is 21.2 Å². The van der Waals surface area contributed by atoms with Gasteiger partial charge in [0.1, 0.15) is 0 Å². The molecule has 1 saturated heterocycles. The second-order valence-corrected chi connectivity index (χ2v) is 8.68. The first-order valence-electron chi connectivity index (χ1n) is 10.5. The van der Waals surface area contributed by atoms with Crippen molar-refractivity contribution >= 4 is 22.9 Å². The van der Waals surface area contributed by atoms with Crippen LogP contribution >= 0.6 is 0 Å². The Kier molecular flexibility index (Phi) is 6.30. The molecule has 1 aliphatic rings. The van der Waals surface area contributed by atoms with Crippen molar-refractivity contribution in [1.29, 1.82) is 0 Å². The summed E-state index contributed by atoms with van der Waals surface area (Å²) < 4.78 is 4.23. The Morgan fingerprint density at radius 3 is 2.57 bits per heavy atom. The molecule has 0 amide bonds. The van der Waals surface area contributed by atoms with E-state index in [-0.39, 0.29) is 24.3 Å². The van der Waals surface area contributed by atoms with Gasteiger partial charge in [0, 0.05) is 38.6 Å². The monoisotopic (exact) mass is 416 g/mol. The summed E-state index contributed by atoms with van der Waals surface area (Å²) in [5.74, 6) is 0.210. The summed E-state index contributed by atoms with van der Waals surface area (Å²) in [7, 11) is 1.59. The van der Waals surface area contributed by atoms with Gasteiger partial charge in [-0.15, -0.1) is 0 Å². The fourth-order valence-electron chi connectivity index (χ4n) is 3.72. The number of hydrogen-bond donors (Lipinski definition) is 1. The number of Topliss-reactive ketones (excluding diaryl/α,β-unsaturated/α-hetero) is 1. The molecular formula is C21H32N6O3. The zero-order valence-electron chi connectivity index (χ0n) is 18.5. The maximum atomic E-state index is 13.4. The first-order valence-corrected chi connectivity index (χ1v) is 10.5. The highest BCUT2D eigenvalue weighted by atomic mass is 16.2. The van der Waals surface area contributed by atoms with Gasteiger partial charge in [0.25, 0.3) is 5.56 Å². The van der Waals surface area contributed by atoms with Crippen molar-refractivity contribution in [2.24, 2.45) is 18.7 Å². The molecule has 2 aromatic rings. The van der Waals surface area contributed by atoms with Gasteiger partial charge in [-0.1, -0.05) is 25.5 Å². The number of aromatic nitrogens is 4. The summed E-state index contributed by atoms with van der Waals surface area (Å²) in [4.78, 5) is 45.3. The number of aryl methyl sites for hydroxylation is 1. The van der Waals surface area contributed by atoms with E-state index in [1.165, 1.54) is 4.57 Å². The average molecular weight is 417 g/mol. The van der Waals surface area contributed by atoms with Crippen molar-refractivity contribution in [1.82, 2.24) is 18.7 Å². The molecule has 1 unspecified atom stereocenters. The van der Waals surface area contributed by atoms with E-state index in [4.69, 9.17) is 10.7 Å². The highest BCUT2D eigenvalue weighted by molar-refractivity contribution is 5.81. The third kappa shape index (κ3) is 4.12.